The van der Waals surface area contributed by atoms with Crippen LogP contribution in [0.3, 0.4) is 0 Å². The van der Waals surface area contributed by atoms with Crippen LogP contribution in [0, 0.1) is 5.92 Å². The first-order valence-electron chi connectivity index (χ1n) is 9.51. The number of ether oxygens (including phenoxy) is 2. The van der Waals surface area contributed by atoms with Crippen molar-refractivity contribution in [1.29, 1.82) is 0 Å². The average Bonchev–Trinajstić information content (AvgIpc) is 3.35. The van der Waals surface area contributed by atoms with E-state index in [-0.39, 0.29) is 29.5 Å². The van der Waals surface area contributed by atoms with Crippen LogP contribution in [-0.4, -0.2) is 29.9 Å². The molecule has 1 amide bonds. The minimum absolute atomic E-state index is 0.0364. The minimum Gasteiger partial charge on any atom is -0.496 e. The first kappa shape index (κ1) is 17.4. The third-order valence-electron chi connectivity index (χ3n) is 5.82. The van der Waals surface area contributed by atoms with Crippen molar-refractivity contribution in [1.82, 2.24) is 4.98 Å². The number of methoxy groups -OCH3 is 1. The third-order valence-corrected chi connectivity index (χ3v) is 6.59. The van der Waals surface area contributed by atoms with Gasteiger partial charge in [-0.2, -0.15) is 0 Å². The molecule has 3 aliphatic rings. The maximum absolute atomic E-state index is 13.5. The molecule has 2 aliphatic heterocycles. The van der Waals surface area contributed by atoms with Gasteiger partial charge >= 0.3 is 0 Å². The summed E-state index contributed by atoms with van der Waals surface area (Å²) in [6.45, 7) is 0. The molecular weight excluding hydrogens is 376 g/mol. The Kier molecular flexibility index (Phi) is 4.19. The van der Waals surface area contributed by atoms with Crippen LogP contribution in [0.15, 0.2) is 47.2 Å². The van der Waals surface area contributed by atoms with Crippen molar-refractivity contribution < 1.29 is 19.1 Å². The zero-order valence-electron chi connectivity index (χ0n) is 15.5. The van der Waals surface area contributed by atoms with E-state index < -0.39 is 6.04 Å². The van der Waals surface area contributed by atoms with Gasteiger partial charge in [-0.15, -0.1) is 11.3 Å². The number of carbonyl (C=O) groups is 2. The number of amides is 1. The molecule has 3 unspecified atom stereocenters. The molecule has 1 aromatic carbocycles. The number of ketones is 1. The molecule has 1 saturated carbocycles. The number of nitrogens with zero attached hydrogens (tertiary/aromatic N) is 2. The number of rotatable bonds is 3. The summed E-state index contributed by atoms with van der Waals surface area (Å²) in [7, 11) is 1.59. The number of thiazole rings is 1. The van der Waals surface area contributed by atoms with Crippen LogP contribution >= 0.6 is 11.3 Å². The predicted molar refractivity (Wildman–Crippen MR) is 104 cm³/mol. The Morgan fingerprint density at radius 3 is 2.82 bits per heavy atom. The second kappa shape index (κ2) is 6.74. The maximum Gasteiger partial charge on any atom is 0.296 e. The number of hydrogen-bond acceptors (Lipinski definition) is 6. The molecule has 7 heteroatoms. The second-order valence-corrected chi connectivity index (χ2v) is 8.16. The van der Waals surface area contributed by atoms with E-state index in [2.05, 4.69) is 4.98 Å². The van der Waals surface area contributed by atoms with Crippen LogP contribution < -0.4 is 9.64 Å². The fourth-order valence-corrected chi connectivity index (χ4v) is 5.23. The van der Waals surface area contributed by atoms with Gasteiger partial charge in [0.2, 0.25) is 0 Å². The van der Waals surface area contributed by atoms with Crippen LogP contribution in [0.4, 0.5) is 5.13 Å². The van der Waals surface area contributed by atoms with E-state index in [0.29, 0.717) is 16.5 Å². The Morgan fingerprint density at radius 1 is 1.21 bits per heavy atom. The minimum atomic E-state index is -0.583. The molecular formula is C21H20N2O4S. The first-order chi connectivity index (χ1) is 13.7. The summed E-state index contributed by atoms with van der Waals surface area (Å²) < 4.78 is 11.7. The largest absolute Gasteiger partial charge is 0.496 e. The number of anilines is 1. The van der Waals surface area contributed by atoms with Gasteiger partial charge < -0.3 is 9.47 Å². The van der Waals surface area contributed by atoms with Crippen molar-refractivity contribution in [3.05, 3.63) is 52.7 Å². The van der Waals surface area contributed by atoms with E-state index in [1.54, 1.807) is 18.2 Å². The number of aromatic nitrogens is 1. The maximum atomic E-state index is 13.5. The Hall–Kier alpha value is -2.67. The molecule has 0 bridgehead atoms. The van der Waals surface area contributed by atoms with Gasteiger partial charge in [-0.3, -0.25) is 14.5 Å². The Morgan fingerprint density at radius 2 is 2.04 bits per heavy atom. The highest BCUT2D eigenvalue weighted by Gasteiger charge is 2.53. The van der Waals surface area contributed by atoms with Gasteiger partial charge in [0.1, 0.15) is 17.9 Å². The summed E-state index contributed by atoms with van der Waals surface area (Å²) in [5, 5.41) is 2.37. The molecule has 0 spiro atoms. The molecule has 3 atom stereocenters. The van der Waals surface area contributed by atoms with E-state index >= 15 is 0 Å². The summed E-state index contributed by atoms with van der Waals surface area (Å²) in [5.74, 6) is 0.398. The lowest BCUT2D eigenvalue weighted by atomic mass is 9.77. The van der Waals surface area contributed by atoms with E-state index in [4.69, 9.17) is 9.47 Å². The highest BCUT2D eigenvalue weighted by atomic mass is 32.1. The molecule has 5 rings (SSSR count). The monoisotopic (exact) mass is 396 g/mol. The van der Waals surface area contributed by atoms with Gasteiger partial charge in [0.05, 0.1) is 18.6 Å². The lowest BCUT2D eigenvalue weighted by Crippen LogP contribution is -2.39. The van der Waals surface area contributed by atoms with E-state index in [1.165, 1.54) is 11.3 Å². The van der Waals surface area contributed by atoms with Gasteiger partial charge in [-0.25, -0.2) is 4.98 Å². The number of fused-ring (bicyclic) bond motifs is 1. The van der Waals surface area contributed by atoms with Gasteiger partial charge in [0, 0.05) is 17.1 Å². The van der Waals surface area contributed by atoms with Crippen LogP contribution in [0.25, 0.3) is 0 Å². The molecule has 1 aromatic heterocycles. The Balaban J connectivity index is 1.69. The van der Waals surface area contributed by atoms with Gasteiger partial charge in [-0.1, -0.05) is 24.6 Å². The summed E-state index contributed by atoms with van der Waals surface area (Å²) in [4.78, 5) is 32.8. The van der Waals surface area contributed by atoms with Crippen LogP contribution in [0.1, 0.15) is 37.3 Å². The predicted octanol–water partition coefficient (Wildman–Crippen LogP) is 3.65. The number of para-hydroxylation sites is 1. The van der Waals surface area contributed by atoms with Crippen molar-refractivity contribution in [2.45, 2.75) is 37.8 Å². The lowest BCUT2D eigenvalue weighted by Gasteiger charge is -2.35. The molecule has 28 heavy (non-hydrogen) atoms. The number of hydrogen-bond donors (Lipinski definition) is 0. The topological polar surface area (TPSA) is 68.7 Å². The van der Waals surface area contributed by atoms with E-state index in [1.807, 2.05) is 29.6 Å². The first-order valence-corrected chi connectivity index (χ1v) is 10.4. The zero-order valence-corrected chi connectivity index (χ0v) is 16.3. The molecule has 0 N–H and O–H groups in total. The number of Topliss-reactive ketones (excluding diaryl/α,β-unsaturated/α-hetero) is 1. The van der Waals surface area contributed by atoms with Crippen molar-refractivity contribution in [2.75, 3.05) is 12.0 Å². The Labute approximate surface area is 166 Å². The Bertz CT molecular complexity index is 969. The van der Waals surface area contributed by atoms with E-state index in [0.717, 1.165) is 31.2 Å². The lowest BCUT2D eigenvalue weighted by molar-refractivity contribution is -0.131. The summed E-state index contributed by atoms with van der Waals surface area (Å²) in [6.07, 6.45) is 5.13. The quantitative estimate of drug-likeness (QED) is 0.792. The van der Waals surface area contributed by atoms with Crippen molar-refractivity contribution in [2.24, 2.45) is 5.92 Å². The SMILES string of the molecule is COc1ccccc1C1C2=C(OC3CCCCC3C2=O)C(=O)N1c1nccs1. The van der Waals surface area contributed by atoms with Crippen LogP contribution in [0.2, 0.25) is 0 Å². The standard InChI is InChI=1S/C21H20N2O4S/c1-26-14-8-4-2-6-12(14)17-16-18(24)13-7-3-5-9-15(13)27-19(16)20(25)23(17)21-22-10-11-28-21/h2,4,6,8,10-11,13,15,17H,3,5,7,9H2,1H3. The fourth-order valence-electron chi connectivity index (χ4n) is 4.56. The van der Waals surface area contributed by atoms with Gasteiger partial charge in [-0.05, 0) is 25.3 Å². The molecule has 0 saturated heterocycles. The molecule has 2 aromatic rings. The number of benzene rings is 1. The molecule has 6 nitrogen and oxygen atoms in total. The molecule has 1 fully saturated rings. The van der Waals surface area contributed by atoms with Crippen LogP contribution in [0.5, 0.6) is 5.75 Å². The van der Waals surface area contributed by atoms with Crippen molar-refractivity contribution in [3.63, 3.8) is 0 Å². The normalized spacial score (nSPS) is 26.8. The van der Waals surface area contributed by atoms with Gasteiger partial charge in [0.25, 0.3) is 5.91 Å². The molecule has 3 heterocycles. The average molecular weight is 396 g/mol. The zero-order chi connectivity index (χ0) is 19.3. The third kappa shape index (κ3) is 2.49. The van der Waals surface area contributed by atoms with E-state index in [9.17, 15) is 9.59 Å². The molecule has 0 radical (unpaired) electrons. The summed E-state index contributed by atoms with van der Waals surface area (Å²) in [5.41, 5.74) is 1.22. The number of carbonyl (C=O) groups excluding carboxylic acids is 2. The highest BCUT2D eigenvalue weighted by Crippen LogP contribution is 2.50. The summed E-state index contributed by atoms with van der Waals surface area (Å²) >= 11 is 1.37. The fraction of sp³-hybridized carbons (Fsp3) is 0.381. The summed E-state index contributed by atoms with van der Waals surface area (Å²) in [6, 6.07) is 6.92. The smallest absolute Gasteiger partial charge is 0.296 e. The molecule has 144 valence electrons. The van der Waals surface area contributed by atoms with Crippen molar-refractivity contribution >= 4 is 28.2 Å². The molecule has 1 aliphatic carbocycles. The van der Waals surface area contributed by atoms with Gasteiger partial charge in [0.15, 0.2) is 16.7 Å². The van der Waals surface area contributed by atoms with Crippen LogP contribution in [-0.2, 0) is 14.3 Å². The highest BCUT2D eigenvalue weighted by molar-refractivity contribution is 7.13. The second-order valence-electron chi connectivity index (χ2n) is 7.29. The van der Waals surface area contributed by atoms with Crippen molar-refractivity contribution in [3.8, 4) is 5.75 Å².